The third-order valence-electron chi connectivity index (χ3n) is 11.8. The SMILES string of the molecule is CCCCCCCCCCCCCCCCC[C@H](COP(=O)(OC[C@@]1(C#N)O[C@@H](c2ccc3c(N)ncnn23)[C@@H]2OC(C)(C)O[C@@H]21)Oc1ccccc1Cl)OCc1cc(Cl)cc(C#N)c1. The number of para-hydroxylation sites is 1. The number of phosphoric ester groups is 1. The summed E-state index contributed by atoms with van der Waals surface area (Å²) in [7, 11) is -4.61. The Kier molecular flexibility index (Phi) is 18.9. The quantitative estimate of drug-likeness (QED) is 0.0419. The topological polar surface area (TPSA) is 185 Å². The molecular weight excluding hydrogens is 890 g/mol. The summed E-state index contributed by atoms with van der Waals surface area (Å²) in [5.74, 6) is -0.799. The van der Waals surface area contributed by atoms with Crippen molar-refractivity contribution >= 4 is 42.4 Å². The number of anilines is 1. The van der Waals surface area contributed by atoms with Gasteiger partial charge >= 0.3 is 7.82 Å². The Bertz CT molecular complexity index is 2290. The van der Waals surface area contributed by atoms with Gasteiger partial charge in [0, 0.05) is 5.02 Å². The standard InChI is InChI=1S/C48H63Cl2N6O8P/c1-4-5-6-7-8-9-10-11-12-13-14-15-16-17-18-21-38(58-30-36-26-35(29-51)27-37(49)28-36)31-59-65(57,64-42-23-20-19-22-39(42)50)60-33-48(32-52)45-44(61-47(2,3)63-45)43(62-48)40-24-25-41-46(53)54-34-55-56(40)41/h19-20,22-28,34,38,43-45H,4-18,21,30-31,33H2,1-3H3,(H2,53,54,55)/t38-,43+,44+,45+,48-,65?/m1/s1. The van der Waals surface area contributed by atoms with E-state index in [0.717, 1.165) is 25.7 Å². The van der Waals surface area contributed by atoms with E-state index in [0.29, 0.717) is 33.8 Å². The second kappa shape index (κ2) is 24.3. The van der Waals surface area contributed by atoms with Gasteiger partial charge in [0.2, 0.25) is 5.60 Å². The summed E-state index contributed by atoms with van der Waals surface area (Å²) >= 11 is 12.8. The van der Waals surface area contributed by atoms with Crippen LogP contribution in [0.3, 0.4) is 0 Å². The number of rotatable bonds is 28. The maximum atomic E-state index is 14.9. The molecule has 1 unspecified atom stereocenters. The molecule has 0 amide bonds. The molecule has 2 fully saturated rings. The van der Waals surface area contributed by atoms with Crippen molar-refractivity contribution in [2.75, 3.05) is 18.9 Å². The van der Waals surface area contributed by atoms with Crippen molar-refractivity contribution in [2.24, 2.45) is 0 Å². The number of nitrogens with zero attached hydrogens (tertiary/aromatic N) is 5. The van der Waals surface area contributed by atoms with Crippen molar-refractivity contribution in [3.05, 3.63) is 87.8 Å². The Hall–Kier alpha value is -3.79. The van der Waals surface area contributed by atoms with E-state index >= 15 is 0 Å². The van der Waals surface area contributed by atoms with E-state index < -0.39 is 50.2 Å². The summed E-state index contributed by atoms with van der Waals surface area (Å²) < 4.78 is 60.3. The Morgan fingerprint density at radius 3 is 2.22 bits per heavy atom. The molecule has 0 radical (unpaired) electrons. The Morgan fingerprint density at radius 1 is 0.877 bits per heavy atom. The molecule has 2 aliphatic rings. The lowest BCUT2D eigenvalue weighted by atomic mass is 9.96. The Morgan fingerprint density at radius 2 is 1.55 bits per heavy atom. The van der Waals surface area contributed by atoms with Crippen LogP contribution in [0.15, 0.2) is 60.9 Å². The zero-order chi connectivity index (χ0) is 46.3. The molecule has 0 spiro atoms. The van der Waals surface area contributed by atoms with Crippen LogP contribution in [0.4, 0.5) is 5.82 Å². The molecule has 352 valence electrons. The predicted octanol–water partition coefficient (Wildman–Crippen LogP) is 12.4. The number of aromatic nitrogens is 3. The van der Waals surface area contributed by atoms with Crippen LogP contribution in [0.2, 0.25) is 10.0 Å². The van der Waals surface area contributed by atoms with E-state index in [9.17, 15) is 15.1 Å². The molecule has 2 aromatic carbocycles. The molecule has 14 nitrogen and oxygen atoms in total. The summed E-state index contributed by atoms with van der Waals surface area (Å²) in [6.45, 7) is 5.04. The number of ether oxygens (including phenoxy) is 4. The molecule has 6 atom stereocenters. The van der Waals surface area contributed by atoms with Crippen LogP contribution in [0, 0.1) is 22.7 Å². The number of unbranched alkanes of at least 4 members (excludes halogenated alkanes) is 14. The lowest BCUT2D eigenvalue weighted by Gasteiger charge is -2.30. The first-order chi connectivity index (χ1) is 31.4. The predicted molar refractivity (Wildman–Crippen MR) is 249 cm³/mol. The van der Waals surface area contributed by atoms with Gasteiger partial charge in [0.05, 0.1) is 41.7 Å². The summed E-state index contributed by atoms with van der Waals surface area (Å²) in [6, 6.07) is 19.4. The Balaban J connectivity index is 1.12. The van der Waals surface area contributed by atoms with Crippen molar-refractivity contribution in [2.45, 2.75) is 166 Å². The Labute approximate surface area is 393 Å². The molecule has 65 heavy (non-hydrogen) atoms. The summed E-state index contributed by atoms with van der Waals surface area (Å²) in [4.78, 5) is 4.08. The van der Waals surface area contributed by atoms with Crippen LogP contribution in [0.25, 0.3) is 5.52 Å². The zero-order valence-electron chi connectivity index (χ0n) is 37.8. The number of hydrogen-bond acceptors (Lipinski definition) is 13. The molecule has 0 aliphatic carbocycles. The molecule has 2 aliphatic heterocycles. The summed E-state index contributed by atoms with van der Waals surface area (Å²) in [5.41, 5.74) is 6.46. The smallest absolute Gasteiger partial charge is 0.402 e. The summed E-state index contributed by atoms with van der Waals surface area (Å²) in [6.07, 6.45) is 17.2. The lowest BCUT2D eigenvalue weighted by Crippen LogP contribution is -2.46. The molecular formula is C48H63Cl2N6O8P. The number of nitriles is 2. The third kappa shape index (κ3) is 14.1. The highest BCUT2D eigenvalue weighted by atomic mass is 35.5. The highest BCUT2D eigenvalue weighted by Gasteiger charge is 2.65. The van der Waals surface area contributed by atoms with Crippen LogP contribution < -0.4 is 10.3 Å². The maximum Gasteiger partial charge on any atom is 0.530 e. The van der Waals surface area contributed by atoms with Crippen molar-refractivity contribution in [1.82, 2.24) is 14.6 Å². The highest BCUT2D eigenvalue weighted by Crippen LogP contribution is 2.55. The molecule has 2 aromatic heterocycles. The third-order valence-corrected chi connectivity index (χ3v) is 13.7. The number of nitrogens with two attached hydrogens (primary N) is 1. The van der Waals surface area contributed by atoms with Crippen LogP contribution >= 0.6 is 31.0 Å². The van der Waals surface area contributed by atoms with E-state index in [1.54, 1.807) is 66.9 Å². The van der Waals surface area contributed by atoms with Crippen LogP contribution in [0.5, 0.6) is 5.75 Å². The molecule has 17 heteroatoms. The van der Waals surface area contributed by atoms with Crippen LogP contribution in [0.1, 0.15) is 146 Å². The van der Waals surface area contributed by atoms with E-state index in [1.165, 1.54) is 83.0 Å². The first-order valence-electron chi connectivity index (χ1n) is 23.1. The normalized spacial score (nSPS) is 21.4. The number of benzene rings is 2. The van der Waals surface area contributed by atoms with E-state index in [2.05, 4.69) is 29.1 Å². The molecule has 0 saturated carbocycles. The van der Waals surface area contributed by atoms with Crippen molar-refractivity contribution in [1.29, 1.82) is 10.5 Å². The largest absolute Gasteiger partial charge is 0.530 e. The van der Waals surface area contributed by atoms with Gasteiger partial charge in [0.1, 0.15) is 48.6 Å². The van der Waals surface area contributed by atoms with Crippen molar-refractivity contribution < 1.29 is 37.1 Å². The van der Waals surface area contributed by atoms with Gasteiger partial charge in [-0.3, -0.25) is 9.05 Å². The molecule has 0 bridgehead atoms. The average Bonchev–Trinajstić information content (AvgIpc) is 3.95. The van der Waals surface area contributed by atoms with Gasteiger partial charge < -0.3 is 29.2 Å². The fourth-order valence-corrected chi connectivity index (χ4v) is 10.2. The van der Waals surface area contributed by atoms with Gasteiger partial charge in [-0.2, -0.15) is 15.6 Å². The fraction of sp³-hybridized carbons (Fsp3) is 0.583. The summed E-state index contributed by atoms with van der Waals surface area (Å²) in [5, 5.41) is 25.4. The van der Waals surface area contributed by atoms with Crippen molar-refractivity contribution in [3.8, 4) is 17.9 Å². The second-order valence-corrected chi connectivity index (χ2v) is 19.9. The molecule has 4 aromatic rings. The van der Waals surface area contributed by atoms with Crippen LogP contribution in [-0.4, -0.2) is 57.5 Å². The molecule has 4 heterocycles. The lowest BCUT2D eigenvalue weighted by molar-refractivity contribution is -0.204. The first kappa shape index (κ1) is 50.6. The zero-order valence-corrected chi connectivity index (χ0v) is 40.2. The first-order valence-corrected chi connectivity index (χ1v) is 25.3. The number of fused-ring (bicyclic) bond motifs is 2. The minimum Gasteiger partial charge on any atom is -0.402 e. The van der Waals surface area contributed by atoms with Crippen LogP contribution in [-0.2, 0) is 39.2 Å². The second-order valence-electron chi connectivity index (χ2n) is 17.4. The average molecular weight is 954 g/mol. The monoisotopic (exact) mass is 952 g/mol. The van der Waals surface area contributed by atoms with Gasteiger partial charge in [-0.05, 0) is 68.3 Å². The molecule has 2 N–H and O–H groups in total. The number of halogens is 2. The molecule has 2 saturated heterocycles. The maximum absolute atomic E-state index is 14.9. The van der Waals surface area contributed by atoms with Gasteiger partial charge in [0.25, 0.3) is 0 Å². The fourth-order valence-electron chi connectivity index (χ4n) is 8.44. The van der Waals surface area contributed by atoms with E-state index in [-0.39, 0.29) is 29.8 Å². The number of hydrogen-bond donors (Lipinski definition) is 1. The number of phosphoric acid groups is 1. The minimum atomic E-state index is -4.61. The minimum absolute atomic E-state index is 0.0490. The van der Waals surface area contributed by atoms with E-state index in [1.807, 2.05) is 0 Å². The van der Waals surface area contributed by atoms with Gasteiger partial charge in [-0.15, -0.1) is 0 Å². The van der Waals surface area contributed by atoms with Gasteiger partial charge in [-0.1, -0.05) is 139 Å². The number of nitrogen functional groups attached to an aromatic ring is 1. The molecule has 6 rings (SSSR count). The van der Waals surface area contributed by atoms with Crippen molar-refractivity contribution in [3.63, 3.8) is 0 Å². The highest BCUT2D eigenvalue weighted by molar-refractivity contribution is 7.49. The van der Waals surface area contributed by atoms with E-state index in [4.69, 9.17) is 61.5 Å². The van der Waals surface area contributed by atoms with Gasteiger partial charge in [0.15, 0.2) is 11.6 Å². The van der Waals surface area contributed by atoms with Gasteiger partial charge in [-0.25, -0.2) is 14.1 Å².